The van der Waals surface area contributed by atoms with Gasteiger partial charge in [0.05, 0.1) is 5.56 Å². The molecule has 1 atom stereocenters. The van der Waals surface area contributed by atoms with Crippen LogP contribution in [0, 0.1) is 11.3 Å². The minimum absolute atomic E-state index is 0.335. The van der Waals surface area contributed by atoms with Crippen molar-refractivity contribution in [3.8, 4) is 6.07 Å². The molecule has 1 saturated heterocycles. The molecule has 1 aromatic carbocycles. The average Bonchev–Trinajstić information content (AvgIpc) is 2.97. The van der Waals surface area contributed by atoms with Gasteiger partial charge in [-0.15, -0.1) is 0 Å². The van der Waals surface area contributed by atoms with E-state index in [2.05, 4.69) is 42.2 Å². The number of nitrogens with one attached hydrogen (secondary N) is 1. The van der Waals surface area contributed by atoms with Crippen molar-refractivity contribution in [2.24, 2.45) is 0 Å². The van der Waals surface area contributed by atoms with Crippen molar-refractivity contribution in [2.75, 3.05) is 23.3 Å². The van der Waals surface area contributed by atoms with Crippen molar-refractivity contribution in [3.05, 3.63) is 46.7 Å². The highest BCUT2D eigenvalue weighted by Gasteiger charge is 2.23. The standard InChI is InChI=1S/C15H14BrN5/c16-14-8-13(3-2-11(14)9-17)21-7-4-12(10-21)20-15-18-5-1-6-19-15/h1-3,5-6,8,12H,4,7,10H2,(H,18,19,20). The molecule has 1 N–H and O–H groups in total. The predicted molar refractivity (Wildman–Crippen MR) is 85.1 cm³/mol. The number of hydrogen-bond acceptors (Lipinski definition) is 5. The Bertz CT molecular complexity index is 668. The molecule has 1 fully saturated rings. The first-order valence-electron chi connectivity index (χ1n) is 6.74. The van der Waals surface area contributed by atoms with Crippen LogP contribution < -0.4 is 10.2 Å². The Kier molecular flexibility index (Phi) is 4.02. The number of hydrogen-bond donors (Lipinski definition) is 1. The first-order valence-corrected chi connectivity index (χ1v) is 7.54. The summed E-state index contributed by atoms with van der Waals surface area (Å²) in [6.07, 6.45) is 4.51. The molecule has 1 unspecified atom stereocenters. The van der Waals surface area contributed by atoms with Crippen LogP contribution >= 0.6 is 15.9 Å². The lowest BCUT2D eigenvalue weighted by molar-refractivity contribution is 0.792. The fraction of sp³-hybridized carbons (Fsp3) is 0.267. The maximum atomic E-state index is 8.96. The monoisotopic (exact) mass is 343 g/mol. The number of nitriles is 1. The Morgan fingerprint density at radius 1 is 1.33 bits per heavy atom. The molecule has 6 heteroatoms. The van der Waals surface area contributed by atoms with Gasteiger partial charge < -0.3 is 10.2 Å². The zero-order chi connectivity index (χ0) is 14.7. The lowest BCUT2D eigenvalue weighted by Crippen LogP contribution is -2.26. The summed E-state index contributed by atoms with van der Waals surface area (Å²) in [6, 6.07) is 10.1. The molecule has 2 aromatic rings. The minimum atomic E-state index is 0.335. The molecule has 0 bridgehead atoms. The van der Waals surface area contributed by atoms with Crippen molar-refractivity contribution >= 4 is 27.6 Å². The Hall–Kier alpha value is -2.13. The fourth-order valence-electron chi connectivity index (χ4n) is 2.46. The third kappa shape index (κ3) is 3.14. The summed E-state index contributed by atoms with van der Waals surface area (Å²) in [4.78, 5) is 10.7. The van der Waals surface area contributed by atoms with E-state index in [1.54, 1.807) is 18.5 Å². The average molecular weight is 344 g/mol. The Balaban J connectivity index is 1.67. The van der Waals surface area contributed by atoms with Gasteiger partial charge in [-0.1, -0.05) is 0 Å². The predicted octanol–water partition coefficient (Wildman–Crippen LogP) is 2.80. The SMILES string of the molecule is N#Cc1ccc(N2CCC(Nc3ncccn3)C2)cc1Br. The zero-order valence-electron chi connectivity index (χ0n) is 11.3. The lowest BCUT2D eigenvalue weighted by atomic mass is 10.2. The van der Waals surface area contributed by atoms with Gasteiger partial charge in [-0.3, -0.25) is 0 Å². The summed E-state index contributed by atoms with van der Waals surface area (Å²) in [5, 5.41) is 12.3. The Labute approximate surface area is 131 Å². The van der Waals surface area contributed by atoms with E-state index in [0.29, 0.717) is 17.6 Å². The molecule has 3 rings (SSSR count). The number of benzene rings is 1. The Morgan fingerprint density at radius 3 is 2.86 bits per heavy atom. The van der Waals surface area contributed by atoms with Crippen molar-refractivity contribution in [1.29, 1.82) is 5.26 Å². The van der Waals surface area contributed by atoms with E-state index in [1.807, 2.05) is 18.2 Å². The maximum Gasteiger partial charge on any atom is 0.222 e. The number of anilines is 2. The van der Waals surface area contributed by atoms with Crippen molar-refractivity contribution in [1.82, 2.24) is 9.97 Å². The van der Waals surface area contributed by atoms with Gasteiger partial charge in [-0.25, -0.2) is 9.97 Å². The third-order valence-corrected chi connectivity index (χ3v) is 4.18. The number of rotatable bonds is 3. The summed E-state index contributed by atoms with van der Waals surface area (Å²) < 4.78 is 0.838. The third-order valence-electron chi connectivity index (χ3n) is 3.53. The van der Waals surface area contributed by atoms with E-state index in [9.17, 15) is 0 Å². The molecule has 1 aliphatic rings. The normalized spacial score (nSPS) is 17.5. The summed E-state index contributed by atoms with van der Waals surface area (Å²) in [5.41, 5.74) is 1.78. The first kappa shape index (κ1) is 13.8. The van der Waals surface area contributed by atoms with Gasteiger partial charge in [0.15, 0.2) is 0 Å². The molecule has 0 aliphatic carbocycles. The number of aromatic nitrogens is 2. The van der Waals surface area contributed by atoms with Crippen LogP contribution in [-0.2, 0) is 0 Å². The highest BCUT2D eigenvalue weighted by atomic mass is 79.9. The van der Waals surface area contributed by atoms with Crippen molar-refractivity contribution in [2.45, 2.75) is 12.5 Å². The smallest absolute Gasteiger partial charge is 0.222 e. The van der Waals surface area contributed by atoms with E-state index < -0.39 is 0 Å². The zero-order valence-corrected chi connectivity index (χ0v) is 12.9. The summed E-state index contributed by atoms with van der Waals surface area (Å²) >= 11 is 3.44. The summed E-state index contributed by atoms with van der Waals surface area (Å²) in [6.45, 7) is 1.87. The van der Waals surface area contributed by atoms with Gasteiger partial charge in [-0.2, -0.15) is 5.26 Å². The van der Waals surface area contributed by atoms with Crippen molar-refractivity contribution < 1.29 is 0 Å². The van der Waals surface area contributed by atoms with E-state index in [0.717, 1.165) is 29.7 Å². The topological polar surface area (TPSA) is 64.8 Å². The van der Waals surface area contributed by atoms with Crippen LogP contribution in [0.4, 0.5) is 11.6 Å². The molecule has 1 aliphatic heterocycles. The number of nitrogens with zero attached hydrogens (tertiary/aromatic N) is 4. The molecule has 2 heterocycles. The van der Waals surface area contributed by atoms with E-state index >= 15 is 0 Å². The summed E-state index contributed by atoms with van der Waals surface area (Å²) in [5.74, 6) is 0.672. The molecule has 106 valence electrons. The van der Waals surface area contributed by atoms with Gasteiger partial charge in [-0.05, 0) is 46.6 Å². The maximum absolute atomic E-state index is 8.96. The second-order valence-corrected chi connectivity index (χ2v) is 5.78. The highest BCUT2D eigenvalue weighted by Crippen LogP contribution is 2.27. The Morgan fingerprint density at radius 2 is 2.14 bits per heavy atom. The van der Waals surface area contributed by atoms with E-state index in [-0.39, 0.29) is 0 Å². The van der Waals surface area contributed by atoms with E-state index in [4.69, 9.17) is 5.26 Å². The van der Waals surface area contributed by atoms with Crippen LogP contribution in [0.25, 0.3) is 0 Å². The van der Waals surface area contributed by atoms with Crippen LogP contribution in [0.15, 0.2) is 41.1 Å². The lowest BCUT2D eigenvalue weighted by Gasteiger charge is -2.19. The molecule has 1 aromatic heterocycles. The van der Waals surface area contributed by atoms with Gasteiger partial charge in [0, 0.05) is 41.7 Å². The van der Waals surface area contributed by atoms with E-state index in [1.165, 1.54) is 0 Å². The van der Waals surface area contributed by atoms with Gasteiger partial charge in [0.25, 0.3) is 0 Å². The van der Waals surface area contributed by atoms with Gasteiger partial charge in [0.1, 0.15) is 6.07 Å². The van der Waals surface area contributed by atoms with Crippen LogP contribution in [-0.4, -0.2) is 29.1 Å². The fourth-order valence-corrected chi connectivity index (χ4v) is 2.92. The van der Waals surface area contributed by atoms with Crippen LogP contribution in [0.1, 0.15) is 12.0 Å². The van der Waals surface area contributed by atoms with Gasteiger partial charge >= 0.3 is 0 Å². The highest BCUT2D eigenvalue weighted by molar-refractivity contribution is 9.10. The number of halogens is 1. The molecule has 0 radical (unpaired) electrons. The largest absolute Gasteiger partial charge is 0.369 e. The van der Waals surface area contributed by atoms with Crippen molar-refractivity contribution in [3.63, 3.8) is 0 Å². The molecular formula is C15H14BrN5. The molecule has 0 amide bonds. The van der Waals surface area contributed by atoms with Crippen LogP contribution in [0.3, 0.4) is 0 Å². The van der Waals surface area contributed by atoms with Gasteiger partial charge in [0.2, 0.25) is 5.95 Å². The van der Waals surface area contributed by atoms with Crippen LogP contribution in [0.2, 0.25) is 0 Å². The molecular weight excluding hydrogens is 330 g/mol. The molecule has 0 saturated carbocycles. The molecule has 21 heavy (non-hydrogen) atoms. The minimum Gasteiger partial charge on any atom is -0.369 e. The molecule has 5 nitrogen and oxygen atoms in total. The summed E-state index contributed by atoms with van der Waals surface area (Å²) in [7, 11) is 0. The molecule has 0 spiro atoms. The quantitative estimate of drug-likeness (QED) is 0.928. The second-order valence-electron chi connectivity index (χ2n) is 4.92. The first-order chi connectivity index (χ1) is 10.3. The second kappa shape index (κ2) is 6.10. The van der Waals surface area contributed by atoms with Crippen LogP contribution in [0.5, 0.6) is 0 Å².